The highest BCUT2D eigenvalue weighted by Gasteiger charge is 2.37. The van der Waals surface area contributed by atoms with E-state index in [0.29, 0.717) is 24.0 Å². The molecule has 33 heavy (non-hydrogen) atoms. The first kappa shape index (κ1) is 24.6. The molecule has 3 rings (SSSR count). The van der Waals surface area contributed by atoms with Gasteiger partial charge in [0.05, 0.1) is 17.1 Å². The van der Waals surface area contributed by atoms with Crippen LogP contribution in [0.4, 0.5) is 23.7 Å². The van der Waals surface area contributed by atoms with E-state index in [1.54, 1.807) is 32.9 Å². The van der Waals surface area contributed by atoms with Gasteiger partial charge in [-0.05, 0) is 57.4 Å². The summed E-state index contributed by atoms with van der Waals surface area (Å²) in [7, 11) is 0. The second kappa shape index (κ2) is 9.07. The third-order valence-corrected chi connectivity index (χ3v) is 5.40. The number of ether oxygens (including phenoxy) is 1. The molecular formula is C23H28F3N3O4. The van der Waals surface area contributed by atoms with Gasteiger partial charge in [-0.3, -0.25) is 14.7 Å². The highest BCUT2D eigenvalue weighted by molar-refractivity contribution is 5.94. The van der Waals surface area contributed by atoms with Crippen molar-refractivity contribution >= 4 is 28.7 Å². The molecule has 1 saturated heterocycles. The molecule has 0 aliphatic carbocycles. The van der Waals surface area contributed by atoms with E-state index in [9.17, 15) is 27.9 Å². The van der Waals surface area contributed by atoms with E-state index in [0.717, 1.165) is 6.07 Å². The topological polar surface area (TPSA) is 83.0 Å². The maximum Gasteiger partial charge on any atom is 0.418 e. The minimum Gasteiger partial charge on any atom is -0.480 e. The van der Waals surface area contributed by atoms with Crippen LogP contribution in [0.5, 0.6) is 0 Å². The van der Waals surface area contributed by atoms with Gasteiger partial charge in [0, 0.05) is 30.4 Å². The number of fused-ring (bicyclic) bond motifs is 1. The highest BCUT2D eigenvalue weighted by atomic mass is 19.4. The van der Waals surface area contributed by atoms with Gasteiger partial charge in [-0.2, -0.15) is 13.2 Å². The standard InChI is InChI=1S/C23H28F3N3O4/c1-14-10-15(29(13-19(30)31)21(32)33-22(2,3)4)12-28(11-14)18-8-7-17(23(24,25)26)20-16(18)6-5-9-27-20/h5-9,14-15H,10-13H2,1-4H3,(H,30,31)/t14-,15+/m0/s1. The van der Waals surface area contributed by atoms with Crippen molar-refractivity contribution in [3.63, 3.8) is 0 Å². The first-order chi connectivity index (χ1) is 15.3. The second-order valence-electron chi connectivity index (χ2n) is 9.43. The Kier molecular flexibility index (Phi) is 6.76. The summed E-state index contributed by atoms with van der Waals surface area (Å²) in [5.41, 5.74) is -1.21. The number of hydrogen-bond donors (Lipinski definition) is 1. The molecule has 1 aromatic heterocycles. The summed E-state index contributed by atoms with van der Waals surface area (Å²) in [6.45, 7) is 7.31. The minimum atomic E-state index is -4.54. The van der Waals surface area contributed by atoms with Gasteiger partial charge in [0.25, 0.3) is 0 Å². The smallest absolute Gasteiger partial charge is 0.418 e. The lowest BCUT2D eigenvalue weighted by molar-refractivity contribution is -0.139. The van der Waals surface area contributed by atoms with Gasteiger partial charge in [0.15, 0.2) is 0 Å². The number of benzene rings is 1. The number of carboxylic acids is 1. The van der Waals surface area contributed by atoms with E-state index in [1.807, 2.05) is 11.8 Å². The first-order valence-corrected chi connectivity index (χ1v) is 10.7. The molecule has 7 nitrogen and oxygen atoms in total. The molecule has 0 saturated carbocycles. The zero-order chi connectivity index (χ0) is 24.6. The van der Waals surface area contributed by atoms with Crippen LogP contribution in [0.1, 0.15) is 39.7 Å². The van der Waals surface area contributed by atoms with Gasteiger partial charge in [0.2, 0.25) is 0 Å². The van der Waals surface area contributed by atoms with Crippen LogP contribution in [0.3, 0.4) is 0 Å². The van der Waals surface area contributed by atoms with Gasteiger partial charge in [-0.15, -0.1) is 0 Å². The second-order valence-corrected chi connectivity index (χ2v) is 9.43. The van der Waals surface area contributed by atoms with E-state index in [1.165, 1.54) is 17.2 Å². The van der Waals surface area contributed by atoms with Crippen LogP contribution in [-0.2, 0) is 15.7 Å². The lowest BCUT2D eigenvalue weighted by Crippen LogP contribution is -2.54. The molecule has 1 N–H and O–H groups in total. The molecule has 0 unspecified atom stereocenters. The molecule has 2 atom stereocenters. The van der Waals surface area contributed by atoms with Crippen molar-refractivity contribution in [1.29, 1.82) is 0 Å². The summed E-state index contributed by atoms with van der Waals surface area (Å²) < 4.78 is 45.9. The van der Waals surface area contributed by atoms with Crippen LogP contribution in [0.2, 0.25) is 0 Å². The normalized spacial score (nSPS) is 19.4. The van der Waals surface area contributed by atoms with E-state index >= 15 is 0 Å². The molecule has 0 spiro atoms. The Labute approximate surface area is 190 Å². The largest absolute Gasteiger partial charge is 0.480 e. The summed E-state index contributed by atoms with van der Waals surface area (Å²) in [6.07, 6.45) is -3.42. The summed E-state index contributed by atoms with van der Waals surface area (Å²) in [5.74, 6) is -1.12. The fourth-order valence-electron chi connectivity index (χ4n) is 4.21. The van der Waals surface area contributed by atoms with Gasteiger partial charge in [-0.1, -0.05) is 6.92 Å². The third-order valence-electron chi connectivity index (χ3n) is 5.40. The predicted octanol–water partition coefficient (Wildman–Crippen LogP) is 4.79. The van der Waals surface area contributed by atoms with Crippen LogP contribution < -0.4 is 4.90 Å². The zero-order valence-electron chi connectivity index (χ0n) is 19.0. The van der Waals surface area contributed by atoms with Crippen LogP contribution in [-0.4, -0.2) is 58.3 Å². The van der Waals surface area contributed by atoms with Crippen molar-refractivity contribution in [2.45, 2.75) is 51.9 Å². The molecule has 10 heteroatoms. The molecule has 1 aromatic carbocycles. The summed E-state index contributed by atoms with van der Waals surface area (Å²) in [5, 5.41) is 9.73. The number of carbonyl (C=O) groups is 2. The average molecular weight is 467 g/mol. The number of carbonyl (C=O) groups excluding carboxylic acids is 1. The maximum atomic E-state index is 13.5. The van der Waals surface area contributed by atoms with Gasteiger partial charge in [-0.25, -0.2) is 4.79 Å². The number of rotatable bonds is 4. The molecule has 2 heterocycles. The molecular weight excluding hydrogens is 439 g/mol. The van der Waals surface area contributed by atoms with Crippen molar-refractivity contribution in [3.05, 3.63) is 36.0 Å². The fraction of sp³-hybridized carbons (Fsp3) is 0.522. The molecule has 1 amide bonds. The molecule has 0 radical (unpaired) electrons. The number of halogens is 3. The van der Waals surface area contributed by atoms with Crippen LogP contribution >= 0.6 is 0 Å². The lowest BCUT2D eigenvalue weighted by Gasteiger charge is -2.43. The number of hydrogen-bond acceptors (Lipinski definition) is 5. The monoisotopic (exact) mass is 467 g/mol. The number of nitrogens with zero attached hydrogens (tertiary/aromatic N) is 3. The van der Waals surface area contributed by atoms with Crippen molar-refractivity contribution in [2.75, 3.05) is 24.5 Å². The number of amides is 1. The Bertz CT molecular complexity index is 1040. The lowest BCUT2D eigenvalue weighted by atomic mass is 9.93. The van der Waals surface area contributed by atoms with Gasteiger partial charge >= 0.3 is 18.2 Å². The van der Waals surface area contributed by atoms with Crippen LogP contribution in [0.15, 0.2) is 30.5 Å². The average Bonchev–Trinajstić information content (AvgIpc) is 2.68. The highest BCUT2D eigenvalue weighted by Crippen LogP contribution is 2.38. The minimum absolute atomic E-state index is 0.0523. The zero-order valence-corrected chi connectivity index (χ0v) is 19.0. The van der Waals surface area contributed by atoms with Crippen molar-refractivity contribution in [1.82, 2.24) is 9.88 Å². The molecule has 1 fully saturated rings. The van der Waals surface area contributed by atoms with Crippen molar-refractivity contribution in [3.8, 4) is 0 Å². The number of carboxylic acid groups (broad SMARTS) is 1. The van der Waals surface area contributed by atoms with Crippen molar-refractivity contribution in [2.24, 2.45) is 5.92 Å². The Morgan fingerprint density at radius 3 is 2.52 bits per heavy atom. The number of anilines is 1. The van der Waals surface area contributed by atoms with E-state index < -0.39 is 42.0 Å². The number of aliphatic carboxylic acids is 1. The number of pyridine rings is 1. The SMILES string of the molecule is C[C@H]1C[C@@H](N(CC(=O)O)C(=O)OC(C)(C)C)CN(c2ccc(C(F)(F)F)c3ncccc23)C1. The molecule has 1 aliphatic heterocycles. The summed E-state index contributed by atoms with van der Waals surface area (Å²) >= 11 is 0. The molecule has 1 aliphatic rings. The molecule has 180 valence electrons. The fourth-order valence-corrected chi connectivity index (χ4v) is 4.21. The van der Waals surface area contributed by atoms with Crippen LogP contribution in [0, 0.1) is 5.92 Å². The predicted molar refractivity (Wildman–Crippen MR) is 117 cm³/mol. The third kappa shape index (κ3) is 5.85. The Morgan fingerprint density at radius 2 is 1.91 bits per heavy atom. The van der Waals surface area contributed by atoms with E-state index in [2.05, 4.69) is 4.98 Å². The molecule has 0 bridgehead atoms. The Hall–Kier alpha value is -3.04. The van der Waals surface area contributed by atoms with Crippen LogP contribution in [0.25, 0.3) is 10.9 Å². The number of piperidine rings is 1. The number of alkyl halides is 3. The Morgan fingerprint density at radius 1 is 1.21 bits per heavy atom. The number of aromatic nitrogens is 1. The summed E-state index contributed by atoms with van der Waals surface area (Å²) in [4.78, 5) is 31.3. The maximum absolute atomic E-state index is 13.5. The van der Waals surface area contributed by atoms with Gasteiger partial charge < -0.3 is 14.7 Å². The van der Waals surface area contributed by atoms with Crippen molar-refractivity contribution < 1.29 is 32.6 Å². The first-order valence-electron chi connectivity index (χ1n) is 10.7. The van der Waals surface area contributed by atoms with E-state index in [-0.39, 0.29) is 18.0 Å². The molecule has 2 aromatic rings. The van der Waals surface area contributed by atoms with E-state index in [4.69, 9.17) is 4.74 Å². The summed E-state index contributed by atoms with van der Waals surface area (Å²) in [6, 6.07) is 5.10. The quantitative estimate of drug-likeness (QED) is 0.696. The van der Waals surface area contributed by atoms with Gasteiger partial charge in [0.1, 0.15) is 12.1 Å². The Balaban J connectivity index is 1.98.